The van der Waals surface area contributed by atoms with E-state index in [0.717, 1.165) is 15.9 Å². The number of halogens is 1. The number of aryl methyl sites for hydroxylation is 1. The molecule has 2 nitrogen and oxygen atoms in total. The van der Waals surface area contributed by atoms with Crippen LogP contribution in [0.1, 0.15) is 5.56 Å². The van der Waals surface area contributed by atoms with E-state index in [1.54, 1.807) is 0 Å². The molecule has 3 rings (SSSR count). The van der Waals surface area contributed by atoms with Gasteiger partial charge in [0.05, 0.1) is 17.6 Å². The van der Waals surface area contributed by atoms with Gasteiger partial charge in [0.1, 0.15) is 0 Å². The fourth-order valence-corrected chi connectivity index (χ4v) is 2.65. The minimum absolute atomic E-state index is 1.09. The fourth-order valence-electron chi connectivity index (χ4n) is 2.18. The Labute approximate surface area is 120 Å². The van der Waals surface area contributed by atoms with E-state index in [0.29, 0.717) is 0 Å². The summed E-state index contributed by atoms with van der Waals surface area (Å²) in [5, 5.41) is 4.45. The van der Waals surface area contributed by atoms with E-state index < -0.39 is 0 Å². The third-order valence-corrected chi connectivity index (χ3v) is 3.59. The van der Waals surface area contributed by atoms with Gasteiger partial charge in [-0.1, -0.05) is 46.3 Å². The van der Waals surface area contributed by atoms with Crippen molar-refractivity contribution in [1.29, 1.82) is 0 Å². The number of aromatic nitrogens is 2. The highest BCUT2D eigenvalue weighted by Gasteiger charge is 2.09. The Hall–Kier alpha value is -1.87. The second-order valence-electron chi connectivity index (χ2n) is 4.43. The van der Waals surface area contributed by atoms with Gasteiger partial charge in [0, 0.05) is 10.0 Å². The lowest BCUT2D eigenvalue weighted by Gasteiger charge is -2.10. The molecule has 1 heterocycles. The molecule has 0 bridgehead atoms. The topological polar surface area (TPSA) is 17.8 Å². The molecule has 0 fully saturated rings. The maximum atomic E-state index is 4.45. The molecule has 0 atom stereocenters. The van der Waals surface area contributed by atoms with Crippen molar-refractivity contribution in [3.8, 4) is 16.9 Å². The Morgan fingerprint density at radius 1 is 1.00 bits per heavy atom. The number of hydrogen-bond acceptors (Lipinski definition) is 1. The molecular weight excluding hydrogens is 300 g/mol. The SMILES string of the molecule is Cc1cc(Br)ccc1-n1nccc1-c1ccccc1. The Kier molecular flexibility index (Phi) is 3.22. The van der Waals surface area contributed by atoms with Crippen molar-refractivity contribution in [2.75, 3.05) is 0 Å². The van der Waals surface area contributed by atoms with Crippen LogP contribution in [0.3, 0.4) is 0 Å². The number of hydrogen-bond donors (Lipinski definition) is 0. The molecule has 0 aliphatic carbocycles. The molecule has 0 unspecified atom stereocenters. The first kappa shape index (κ1) is 12.2. The van der Waals surface area contributed by atoms with Crippen molar-refractivity contribution in [2.24, 2.45) is 0 Å². The molecule has 1 aromatic heterocycles. The molecule has 0 spiro atoms. The molecule has 19 heavy (non-hydrogen) atoms. The molecule has 2 aromatic carbocycles. The Morgan fingerprint density at radius 2 is 1.79 bits per heavy atom. The van der Waals surface area contributed by atoms with Gasteiger partial charge in [0.25, 0.3) is 0 Å². The molecule has 0 aliphatic heterocycles. The van der Waals surface area contributed by atoms with Gasteiger partial charge in [-0.3, -0.25) is 0 Å². The van der Waals surface area contributed by atoms with E-state index >= 15 is 0 Å². The molecule has 0 radical (unpaired) electrons. The van der Waals surface area contributed by atoms with Crippen LogP contribution >= 0.6 is 15.9 Å². The summed E-state index contributed by atoms with van der Waals surface area (Å²) in [7, 11) is 0. The van der Waals surface area contributed by atoms with E-state index in [9.17, 15) is 0 Å². The first-order valence-electron chi connectivity index (χ1n) is 6.12. The van der Waals surface area contributed by atoms with E-state index in [1.165, 1.54) is 11.1 Å². The zero-order valence-electron chi connectivity index (χ0n) is 10.5. The summed E-state index contributed by atoms with van der Waals surface area (Å²) in [6, 6.07) is 18.6. The first-order chi connectivity index (χ1) is 9.25. The molecule has 0 saturated heterocycles. The molecule has 3 heteroatoms. The van der Waals surface area contributed by atoms with Crippen molar-refractivity contribution < 1.29 is 0 Å². The lowest BCUT2D eigenvalue weighted by Crippen LogP contribution is -2.01. The van der Waals surface area contributed by atoms with Gasteiger partial charge in [-0.05, 0) is 36.8 Å². The highest BCUT2D eigenvalue weighted by atomic mass is 79.9. The van der Waals surface area contributed by atoms with E-state index in [-0.39, 0.29) is 0 Å². The second kappa shape index (κ2) is 5.02. The summed E-state index contributed by atoms with van der Waals surface area (Å²) in [5.41, 5.74) is 4.57. The van der Waals surface area contributed by atoms with Crippen LogP contribution in [0.25, 0.3) is 16.9 Å². The minimum Gasteiger partial charge on any atom is -0.233 e. The van der Waals surface area contributed by atoms with Crippen LogP contribution in [0.2, 0.25) is 0 Å². The average Bonchev–Trinajstić information content (AvgIpc) is 2.89. The Bertz CT molecular complexity index is 702. The van der Waals surface area contributed by atoms with E-state index in [2.05, 4.69) is 52.2 Å². The molecule has 94 valence electrons. The average molecular weight is 313 g/mol. The number of nitrogens with zero attached hydrogens (tertiary/aromatic N) is 2. The highest BCUT2D eigenvalue weighted by molar-refractivity contribution is 9.10. The smallest absolute Gasteiger partial charge is 0.0741 e. The largest absolute Gasteiger partial charge is 0.233 e. The number of rotatable bonds is 2. The van der Waals surface area contributed by atoms with Crippen LogP contribution in [0.15, 0.2) is 65.3 Å². The van der Waals surface area contributed by atoms with Crippen molar-refractivity contribution >= 4 is 15.9 Å². The fraction of sp³-hybridized carbons (Fsp3) is 0.0625. The molecule has 3 aromatic rings. The standard InChI is InChI=1S/C16H13BrN2/c1-12-11-14(17)7-8-15(12)19-16(9-10-18-19)13-5-3-2-4-6-13/h2-11H,1H3. The molecule has 0 aliphatic rings. The van der Waals surface area contributed by atoms with Crippen LogP contribution in [0.4, 0.5) is 0 Å². The van der Waals surface area contributed by atoms with Crippen LogP contribution in [-0.4, -0.2) is 9.78 Å². The summed E-state index contributed by atoms with van der Waals surface area (Å²) >= 11 is 3.49. The van der Waals surface area contributed by atoms with E-state index in [4.69, 9.17) is 0 Å². The lowest BCUT2D eigenvalue weighted by atomic mass is 10.1. The molecular formula is C16H13BrN2. The second-order valence-corrected chi connectivity index (χ2v) is 5.34. The summed E-state index contributed by atoms with van der Waals surface area (Å²) < 4.78 is 3.07. The normalized spacial score (nSPS) is 10.6. The maximum absolute atomic E-state index is 4.45. The first-order valence-corrected chi connectivity index (χ1v) is 6.91. The zero-order chi connectivity index (χ0) is 13.2. The summed E-state index contributed by atoms with van der Waals surface area (Å²) in [4.78, 5) is 0. The minimum atomic E-state index is 1.09. The van der Waals surface area contributed by atoms with Crippen molar-refractivity contribution in [3.63, 3.8) is 0 Å². The zero-order valence-corrected chi connectivity index (χ0v) is 12.1. The Morgan fingerprint density at radius 3 is 2.53 bits per heavy atom. The summed E-state index contributed by atoms with van der Waals surface area (Å²) in [5.74, 6) is 0. The maximum Gasteiger partial charge on any atom is 0.0741 e. The third kappa shape index (κ3) is 2.34. The van der Waals surface area contributed by atoms with Gasteiger partial charge < -0.3 is 0 Å². The molecule has 0 saturated carbocycles. The monoisotopic (exact) mass is 312 g/mol. The van der Waals surface area contributed by atoms with Gasteiger partial charge in [-0.15, -0.1) is 0 Å². The predicted octanol–water partition coefficient (Wildman–Crippen LogP) is 4.61. The van der Waals surface area contributed by atoms with Gasteiger partial charge in [0.2, 0.25) is 0 Å². The quantitative estimate of drug-likeness (QED) is 0.675. The number of benzene rings is 2. The van der Waals surface area contributed by atoms with Crippen LogP contribution in [-0.2, 0) is 0 Å². The Balaban J connectivity index is 2.15. The van der Waals surface area contributed by atoms with Crippen molar-refractivity contribution in [3.05, 3.63) is 70.8 Å². The van der Waals surface area contributed by atoms with E-state index in [1.807, 2.05) is 41.2 Å². The molecule has 0 amide bonds. The van der Waals surface area contributed by atoms with Crippen LogP contribution in [0.5, 0.6) is 0 Å². The highest BCUT2D eigenvalue weighted by Crippen LogP contribution is 2.25. The van der Waals surface area contributed by atoms with Crippen LogP contribution in [0, 0.1) is 6.92 Å². The van der Waals surface area contributed by atoms with Gasteiger partial charge >= 0.3 is 0 Å². The summed E-state index contributed by atoms with van der Waals surface area (Å²) in [6.07, 6.45) is 1.84. The van der Waals surface area contributed by atoms with Gasteiger partial charge in [0.15, 0.2) is 0 Å². The van der Waals surface area contributed by atoms with Crippen molar-refractivity contribution in [2.45, 2.75) is 6.92 Å². The predicted molar refractivity (Wildman–Crippen MR) is 81.4 cm³/mol. The van der Waals surface area contributed by atoms with Crippen molar-refractivity contribution in [1.82, 2.24) is 9.78 Å². The van der Waals surface area contributed by atoms with Crippen LogP contribution < -0.4 is 0 Å². The summed E-state index contributed by atoms with van der Waals surface area (Å²) in [6.45, 7) is 2.09. The van der Waals surface area contributed by atoms with Gasteiger partial charge in [-0.2, -0.15) is 5.10 Å². The lowest BCUT2D eigenvalue weighted by molar-refractivity contribution is 0.880. The van der Waals surface area contributed by atoms with Gasteiger partial charge in [-0.25, -0.2) is 4.68 Å². The third-order valence-electron chi connectivity index (χ3n) is 3.10. The molecule has 0 N–H and O–H groups in total.